The van der Waals surface area contributed by atoms with Crippen molar-refractivity contribution in [1.82, 2.24) is 4.90 Å². The van der Waals surface area contributed by atoms with Crippen molar-refractivity contribution in [3.8, 4) is 5.75 Å². The molecular formula is C14H18FNO3. The van der Waals surface area contributed by atoms with Crippen LogP contribution in [-0.4, -0.2) is 34.2 Å². The summed E-state index contributed by atoms with van der Waals surface area (Å²) in [5, 5.41) is 18.3. The molecular weight excluding hydrogens is 249 g/mol. The number of nitrogens with zero attached hydrogens (tertiary/aromatic N) is 1. The van der Waals surface area contributed by atoms with Gasteiger partial charge in [-0.1, -0.05) is 13.0 Å². The van der Waals surface area contributed by atoms with Crippen molar-refractivity contribution in [2.75, 3.05) is 13.1 Å². The van der Waals surface area contributed by atoms with Crippen LogP contribution < -0.4 is 0 Å². The number of halogens is 1. The smallest absolute Gasteiger partial charge is 0.308 e. The number of aromatic hydroxyl groups is 1. The Morgan fingerprint density at radius 1 is 1.47 bits per heavy atom. The zero-order chi connectivity index (χ0) is 14.2. The van der Waals surface area contributed by atoms with Crippen LogP contribution in [0.15, 0.2) is 18.2 Å². The predicted octanol–water partition coefficient (Wildman–Crippen LogP) is 2.24. The lowest BCUT2D eigenvalue weighted by Crippen LogP contribution is -2.26. The minimum atomic E-state index is -0.798. The van der Waals surface area contributed by atoms with Crippen LogP contribution in [0.1, 0.15) is 25.5 Å². The maximum Gasteiger partial charge on any atom is 0.308 e. The van der Waals surface area contributed by atoms with Gasteiger partial charge >= 0.3 is 5.97 Å². The Hall–Kier alpha value is -1.62. The van der Waals surface area contributed by atoms with E-state index in [1.807, 2.05) is 18.7 Å². The summed E-state index contributed by atoms with van der Waals surface area (Å²) >= 11 is 0. The highest BCUT2D eigenvalue weighted by Crippen LogP contribution is 2.32. The molecule has 0 aliphatic carbocycles. The van der Waals surface area contributed by atoms with Crippen LogP contribution in [0.2, 0.25) is 0 Å². The van der Waals surface area contributed by atoms with Crippen LogP contribution in [-0.2, 0) is 4.79 Å². The van der Waals surface area contributed by atoms with Crippen molar-refractivity contribution < 1.29 is 19.4 Å². The molecule has 19 heavy (non-hydrogen) atoms. The number of hydrogen-bond donors (Lipinski definition) is 2. The molecule has 1 aliphatic rings. The lowest BCUT2D eigenvalue weighted by Gasteiger charge is -2.25. The van der Waals surface area contributed by atoms with Crippen LogP contribution in [0, 0.1) is 17.7 Å². The van der Waals surface area contributed by atoms with Gasteiger partial charge in [-0.25, -0.2) is 4.39 Å². The highest BCUT2D eigenvalue weighted by molar-refractivity contribution is 5.71. The zero-order valence-corrected chi connectivity index (χ0v) is 11.0. The molecule has 0 saturated carbocycles. The molecule has 1 aromatic carbocycles. The average molecular weight is 267 g/mol. The largest absolute Gasteiger partial charge is 0.508 e. The van der Waals surface area contributed by atoms with Gasteiger partial charge in [0.05, 0.1) is 5.92 Å². The van der Waals surface area contributed by atoms with Gasteiger partial charge < -0.3 is 10.2 Å². The van der Waals surface area contributed by atoms with Gasteiger partial charge in [-0.15, -0.1) is 0 Å². The Morgan fingerprint density at radius 3 is 2.68 bits per heavy atom. The predicted molar refractivity (Wildman–Crippen MR) is 68.3 cm³/mol. The molecule has 0 bridgehead atoms. The first kappa shape index (κ1) is 13.8. The van der Waals surface area contributed by atoms with Crippen LogP contribution in [0.4, 0.5) is 4.39 Å². The van der Waals surface area contributed by atoms with E-state index in [9.17, 15) is 14.3 Å². The fraction of sp³-hybridized carbons (Fsp3) is 0.500. The van der Waals surface area contributed by atoms with Crippen molar-refractivity contribution in [2.45, 2.75) is 19.9 Å². The minimum Gasteiger partial charge on any atom is -0.508 e. The van der Waals surface area contributed by atoms with Gasteiger partial charge in [-0.2, -0.15) is 0 Å². The van der Waals surface area contributed by atoms with Gasteiger partial charge in [0.2, 0.25) is 0 Å². The molecule has 1 fully saturated rings. The number of phenols is 1. The number of carbonyl (C=O) groups is 1. The topological polar surface area (TPSA) is 60.8 Å². The van der Waals surface area contributed by atoms with E-state index in [1.165, 1.54) is 6.07 Å². The first-order valence-electron chi connectivity index (χ1n) is 6.35. The number of aliphatic carboxylic acids is 1. The van der Waals surface area contributed by atoms with Gasteiger partial charge in [0.1, 0.15) is 11.6 Å². The van der Waals surface area contributed by atoms with Crippen molar-refractivity contribution in [3.05, 3.63) is 29.6 Å². The number of carboxylic acids is 1. The van der Waals surface area contributed by atoms with E-state index in [0.717, 1.165) is 6.07 Å². The first-order valence-corrected chi connectivity index (χ1v) is 6.35. The molecule has 2 rings (SSSR count). The maximum atomic E-state index is 13.8. The van der Waals surface area contributed by atoms with Gasteiger partial charge in [0.25, 0.3) is 0 Å². The van der Waals surface area contributed by atoms with Crippen LogP contribution in [0.5, 0.6) is 5.75 Å². The molecule has 0 spiro atoms. The van der Waals surface area contributed by atoms with Crippen molar-refractivity contribution in [2.24, 2.45) is 11.8 Å². The molecule has 4 nitrogen and oxygen atoms in total. The summed E-state index contributed by atoms with van der Waals surface area (Å²) < 4.78 is 13.8. The summed E-state index contributed by atoms with van der Waals surface area (Å²) in [5.74, 6) is -1.71. The number of benzene rings is 1. The van der Waals surface area contributed by atoms with Gasteiger partial charge in [-0.05, 0) is 18.9 Å². The monoisotopic (exact) mass is 267 g/mol. The fourth-order valence-corrected chi connectivity index (χ4v) is 2.69. The van der Waals surface area contributed by atoms with E-state index in [1.54, 1.807) is 6.07 Å². The third kappa shape index (κ3) is 2.71. The third-order valence-corrected chi connectivity index (χ3v) is 3.94. The van der Waals surface area contributed by atoms with Crippen molar-refractivity contribution in [3.63, 3.8) is 0 Å². The van der Waals surface area contributed by atoms with Gasteiger partial charge in [0.15, 0.2) is 0 Å². The summed E-state index contributed by atoms with van der Waals surface area (Å²) in [6, 6.07) is 3.88. The second-order valence-corrected chi connectivity index (χ2v) is 5.26. The molecule has 1 heterocycles. The van der Waals surface area contributed by atoms with E-state index >= 15 is 0 Å². The number of hydrogen-bond acceptors (Lipinski definition) is 3. The van der Waals surface area contributed by atoms with E-state index in [2.05, 4.69) is 0 Å². The summed E-state index contributed by atoms with van der Waals surface area (Å²) in [6.45, 7) is 4.82. The van der Waals surface area contributed by atoms with Gasteiger partial charge in [-0.3, -0.25) is 9.69 Å². The standard InChI is InChI=1S/C14H18FNO3/c1-8-6-16(7-12(8)14(18)19)9(2)11-4-3-10(17)5-13(11)15/h3-5,8-9,12,17H,6-7H2,1-2H3,(H,18,19)/t8-,9?,12-/m1/s1. The molecule has 1 unspecified atom stereocenters. The fourth-order valence-electron chi connectivity index (χ4n) is 2.69. The van der Waals surface area contributed by atoms with Crippen LogP contribution >= 0.6 is 0 Å². The van der Waals surface area contributed by atoms with Crippen LogP contribution in [0.25, 0.3) is 0 Å². The Labute approximate surface area is 111 Å². The Bertz CT molecular complexity index is 492. The molecule has 104 valence electrons. The lowest BCUT2D eigenvalue weighted by molar-refractivity contribution is -0.142. The Kier molecular flexibility index (Phi) is 3.75. The van der Waals surface area contributed by atoms with Gasteiger partial charge in [0, 0.05) is 30.8 Å². The lowest BCUT2D eigenvalue weighted by atomic mass is 9.99. The summed E-state index contributed by atoms with van der Waals surface area (Å²) in [6.07, 6.45) is 0. The molecule has 1 saturated heterocycles. The highest BCUT2D eigenvalue weighted by atomic mass is 19.1. The summed E-state index contributed by atoms with van der Waals surface area (Å²) in [7, 11) is 0. The molecule has 1 aliphatic heterocycles. The van der Waals surface area contributed by atoms with E-state index < -0.39 is 17.7 Å². The molecule has 0 radical (unpaired) electrons. The second kappa shape index (κ2) is 5.17. The van der Waals surface area contributed by atoms with E-state index in [-0.39, 0.29) is 17.7 Å². The molecule has 3 atom stereocenters. The van der Waals surface area contributed by atoms with Crippen LogP contribution in [0.3, 0.4) is 0 Å². The number of rotatable bonds is 3. The van der Waals surface area contributed by atoms with E-state index in [4.69, 9.17) is 5.11 Å². The maximum absolute atomic E-state index is 13.8. The SMILES string of the molecule is CC(c1ccc(O)cc1F)N1C[C@@H](C)[C@H](C(=O)O)C1. The second-order valence-electron chi connectivity index (χ2n) is 5.26. The Balaban J connectivity index is 2.17. The molecule has 1 aromatic rings. The van der Waals surface area contributed by atoms with Crippen molar-refractivity contribution in [1.29, 1.82) is 0 Å². The number of likely N-dealkylation sites (tertiary alicyclic amines) is 1. The molecule has 0 aromatic heterocycles. The third-order valence-electron chi connectivity index (χ3n) is 3.94. The number of carboxylic acid groups (broad SMARTS) is 1. The summed E-state index contributed by atoms with van der Waals surface area (Å²) in [4.78, 5) is 13.1. The molecule has 5 heteroatoms. The summed E-state index contributed by atoms with van der Waals surface area (Å²) in [5.41, 5.74) is 0.482. The number of phenolic OH excluding ortho intramolecular Hbond substituents is 1. The zero-order valence-electron chi connectivity index (χ0n) is 11.0. The highest BCUT2D eigenvalue weighted by Gasteiger charge is 2.37. The minimum absolute atomic E-state index is 0.0557. The van der Waals surface area contributed by atoms with Crippen molar-refractivity contribution >= 4 is 5.97 Å². The first-order chi connectivity index (χ1) is 8.90. The Morgan fingerprint density at radius 2 is 2.16 bits per heavy atom. The average Bonchev–Trinajstić information content (AvgIpc) is 2.70. The molecule has 2 N–H and O–H groups in total. The quantitative estimate of drug-likeness (QED) is 0.881. The van der Waals surface area contributed by atoms with E-state index in [0.29, 0.717) is 18.7 Å². The molecule has 0 amide bonds. The normalized spacial score (nSPS) is 25.4.